The lowest BCUT2D eigenvalue weighted by atomic mass is 9.75. The van der Waals surface area contributed by atoms with Crippen LogP contribution in [0.25, 0.3) is 0 Å². The van der Waals surface area contributed by atoms with Crippen LogP contribution in [-0.2, 0) is 16.9 Å². The molecule has 1 rings (SSSR count). The van der Waals surface area contributed by atoms with Crippen molar-refractivity contribution in [1.29, 1.82) is 0 Å². The van der Waals surface area contributed by atoms with E-state index in [1.165, 1.54) is 17.0 Å². The Kier molecular flexibility index (Phi) is 10.3. The lowest BCUT2D eigenvalue weighted by Gasteiger charge is -2.44. The van der Waals surface area contributed by atoms with Crippen molar-refractivity contribution >= 4 is 17.5 Å². The summed E-state index contributed by atoms with van der Waals surface area (Å²) in [4.78, 5) is 14.0. The van der Waals surface area contributed by atoms with Crippen LogP contribution in [0.1, 0.15) is 87.1 Å². The molecule has 0 spiro atoms. The van der Waals surface area contributed by atoms with Crippen LogP contribution in [0.15, 0.2) is 36.9 Å². The van der Waals surface area contributed by atoms with Gasteiger partial charge in [-0.2, -0.15) is 0 Å². The number of benzene rings is 1. The number of hydrogen-bond acceptors (Lipinski definition) is 3. The number of hydrogen-bond donors (Lipinski definition) is 2. The molecule has 0 radical (unpaired) electrons. The van der Waals surface area contributed by atoms with E-state index in [4.69, 9.17) is 0 Å². The highest BCUT2D eigenvalue weighted by Crippen LogP contribution is 2.37. The first kappa shape index (κ1) is 30.5. The molecular formula is C27H45FN2O3S. The molecule has 5 nitrogen and oxygen atoms in total. The fourth-order valence-corrected chi connectivity index (χ4v) is 4.99. The van der Waals surface area contributed by atoms with Gasteiger partial charge in [-0.3, -0.25) is 0 Å². The predicted molar refractivity (Wildman–Crippen MR) is 141 cm³/mol. The summed E-state index contributed by atoms with van der Waals surface area (Å²) in [5.41, 5.74) is -0.456. The van der Waals surface area contributed by atoms with Crippen molar-refractivity contribution in [3.05, 3.63) is 48.3 Å². The van der Waals surface area contributed by atoms with Crippen molar-refractivity contribution in [2.24, 2.45) is 10.8 Å². The highest BCUT2D eigenvalue weighted by molar-refractivity contribution is 7.90. The zero-order valence-electron chi connectivity index (χ0n) is 22.5. The highest BCUT2D eigenvalue weighted by Gasteiger charge is 2.42. The number of amides is 1. The molecule has 3 atom stereocenters. The van der Waals surface area contributed by atoms with Gasteiger partial charge in [-0.25, -0.2) is 9.18 Å². The van der Waals surface area contributed by atoms with E-state index < -0.39 is 27.7 Å². The van der Waals surface area contributed by atoms with Gasteiger partial charge in [0.25, 0.3) is 0 Å². The minimum Gasteiger partial charge on any atom is -0.598 e. The predicted octanol–water partition coefficient (Wildman–Crippen LogP) is 6.87. The molecule has 1 aromatic carbocycles. The Balaban J connectivity index is 3.49. The summed E-state index contributed by atoms with van der Waals surface area (Å²) < 4.78 is 29.7. The molecule has 7 heteroatoms. The van der Waals surface area contributed by atoms with Gasteiger partial charge in [0.2, 0.25) is 0 Å². The molecule has 0 unspecified atom stereocenters. The topological polar surface area (TPSA) is 75.6 Å². The Morgan fingerprint density at radius 3 is 2.06 bits per heavy atom. The van der Waals surface area contributed by atoms with Crippen LogP contribution < -0.4 is 4.72 Å². The maximum Gasteiger partial charge on any atom is 0.407 e. The highest BCUT2D eigenvalue weighted by atomic mass is 32.2. The monoisotopic (exact) mass is 496 g/mol. The normalized spacial score (nSPS) is 16.4. The molecule has 2 N–H and O–H groups in total. The van der Waals surface area contributed by atoms with Gasteiger partial charge >= 0.3 is 6.09 Å². The lowest BCUT2D eigenvalue weighted by Crippen LogP contribution is -2.54. The van der Waals surface area contributed by atoms with Crippen LogP contribution in [0, 0.1) is 16.6 Å². The van der Waals surface area contributed by atoms with Gasteiger partial charge in [-0.1, -0.05) is 59.8 Å². The van der Waals surface area contributed by atoms with Crippen molar-refractivity contribution < 1.29 is 18.8 Å². The van der Waals surface area contributed by atoms with Crippen molar-refractivity contribution in [3.63, 3.8) is 0 Å². The molecule has 0 aromatic heterocycles. The lowest BCUT2D eigenvalue weighted by molar-refractivity contribution is 0.0542. The number of rotatable bonds is 10. The molecule has 34 heavy (non-hydrogen) atoms. The fourth-order valence-electron chi connectivity index (χ4n) is 4.02. The molecule has 0 fully saturated rings. The van der Waals surface area contributed by atoms with Gasteiger partial charge in [0.05, 0.1) is 5.54 Å². The second-order valence-electron chi connectivity index (χ2n) is 12.4. The van der Waals surface area contributed by atoms with Gasteiger partial charge in [-0.05, 0) is 68.6 Å². The summed E-state index contributed by atoms with van der Waals surface area (Å²) in [7, 11) is 0. The molecule has 0 saturated carbocycles. The van der Waals surface area contributed by atoms with Gasteiger partial charge in [-0.15, -0.1) is 11.3 Å². The number of carbonyl (C=O) groups is 1. The average Bonchev–Trinajstić information content (AvgIpc) is 2.65. The van der Waals surface area contributed by atoms with Gasteiger partial charge in [0.1, 0.15) is 10.6 Å². The maximum absolute atomic E-state index is 13.7. The first-order valence-corrected chi connectivity index (χ1v) is 13.0. The largest absolute Gasteiger partial charge is 0.598 e. The molecule has 1 amide bonds. The standard InChI is InChI=1S/C27H45FN2O3S/c1-11-16-27(29-34(33)26(8,9)10,20-12-14-21(28)15-13-20)17-18-30(23(31)32)22(25(5,6)7)19-24(2,3)4/h11-15,22,29H,1,16-19H2,2-10H3,(H,31,32)/t22-,27+,34+/m0/s1. The van der Waals surface area contributed by atoms with Gasteiger partial charge in [0, 0.05) is 23.9 Å². The molecule has 0 aliphatic heterocycles. The fraction of sp³-hybridized carbons (Fsp3) is 0.667. The zero-order valence-corrected chi connectivity index (χ0v) is 23.3. The molecule has 0 aliphatic carbocycles. The molecule has 0 aliphatic rings. The summed E-state index contributed by atoms with van der Waals surface area (Å²) >= 11 is -1.44. The van der Waals surface area contributed by atoms with Crippen molar-refractivity contribution in [2.75, 3.05) is 6.54 Å². The van der Waals surface area contributed by atoms with E-state index in [-0.39, 0.29) is 29.2 Å². The number of halogens is 1. The molecule has 0 heterocycles. The Bertz CT molecular complexity index is 809. The number of nitrogens with zero attached hydrogens (tertiary/aromatic N) is 1. The van der Waals surface area contributed by atoms with E-state index in [1.807, 2.05) is 20.8 Å². The second kappa shape index (κ2) is 11.4. The van der Waals surface area contributed by atoms with Crippen molar-refractivity contribution in [3.8, 4) is 0 Å². The summed E-state index contributed by atoms with van der Waals surface area (Å²) in [6.45, 7) is 22.3. The van der Waals surface area contributed by atoms with E-state index >= 15 is 0 Å². The molecule has 0 bridgehead atoms. The third-order valence-corrected chi connectivity index (χ3v) is 7.63. The van der Waals surface area contributed by atoms with Crippen molar-refractivity contribution in [2.45, 2.75) is 97.9 Å². The van der Waals surface area contributed by atoms with Crippen LogP contribution in [0.5, 0.6) is 0 Å². The van der Waals surface area contributed by atoms with E-state index in [0.717, 1.165) is 5.56 Å². The van der Waals surface area contributed by atoms with Gasteiger partial charge < -0.3 is 14.6 Å². The Hall–Kier alpha value is -1.57. The van der Waals surface area contributed by atoms with Crippen LogP contribution in [0.3, 0.4) is 0 Å². The van der Waals surface area contributed by atoms with Crippen molar-refractivity contribution in [1.82, 2.24) is 9.62 Å². The summed E-state index contributed by atoms with van der Waals surface area (Å²) in [6.07, 6.45) is 2.23. The van der Waals surface area contributed by atoms with Crippen LogP contribution in [0.2, 0.25) is 0 Å². The smallest absolute Gasteiger partial charge is 0.407 e. The third kappa shape index (κ3) is 8.90. The maximum atomic E-state index is 13.7. The van der Waals surface area contributed by atoms with Gasteiger partial charge in [0.15, 0.2) is 0 Å². The van der Waals surface area contributed by atoms with Crippen LogP contribution >= 0.6 is 0 Å². The molecule has 194 valence electrons. The summed E-state index contributed by atoms with van der Waals surface area (Å²) in [5, 5.41) is 10.2. The first-order chi connectivity index (χ1) is 15.3. The Labute approximate surface area is 209 Å². The van der Waals surface area contributed by atoms with E-state index in [2.05, 4.69) is 52.8 Å². The molecular weight excluding hydrogens is 451 g/mol. The SMILES string of the molecule is C=CC[C@](CCN(C(=O)O)[C@@H](CC(C)(C)C)C(C)(C)C)(N[S@+]([O-])C(C)(C)C)c1ccc(F)cc1. The summed E-state index contributed by atoms with van der Waals surface area (Å²) in [6, 6.07) is 5.89. The van der Waals surface area contributed by atoms with E-state index in [1.54, 1.807) is 18.2 Å². The molecule has 0 saturated heterocycles. The quantitative estimate of drug-likeness (QED) is 0.274. The number of nitrogens with one attached hydrogen (secondary N) is 1. The van der Waals surface area contributed by atoms with Crippen LogP contribution in [0.4, 0.5) is 9.18 Å². The van der Waals surface area contributed by atoms with E-state index in [0.29, 0.717) is 19.3 Å². The Morgan fingerprint density at radius 1 is 1.15 bits per heavy atom. The van der Waals surface area contributed by atoms with E-state index in [9.17, 15) is 18.8 Å². The second-order valence-corrected chi connectivity index (χ2v) is 14.4. The molecule has 1 aromatic rings. The summed E-state index contributed by atoms with van der Waals surface area (Å²) in [5.74, 6) is -0.363. The Morgan fingerprint density at radius 2 is 1.68 bits per heavy atom. The average molecular weight is 497 g/mol. The first-order valence-electron chi connectivity index (χ1n) is 11.9. The number of carboxylic acid groups (broad SMARTS) is 1. The minimum atomic E-state index is -1.44. The van der Waals surface area contributed by atoms with Crippen LogP contribution in [-0.4, -0.2) is 38.0 Å². The third-order valence-electron chi connectivity index (χ3n) is 5.94. The minimum absolute atomic E-state index is 0.0627. The zero-order chi connectivity index (χ0) is 26.5.